The number of urea groups is 1. The van der Waals surface area contributed by atoms with Crippen molar-refractivity contribution in [3.63, 3.8) is 0 Å². The molecule has 0 unspecified atom stereocenters. The fourth-order valence-electron chi connectivity index (χ4n) is 4.20. The van der Waals surface area contributed by atoms with E-state index in [1.165, 1.54) is 17.8 Å². The maximum Gasteiger partial charge on any atom is 0.416 e. The summed E-state index contributed by atoms with van der Waals surface area (Å²) in [5, 5.41) is 5.97. The van der Waals surface area contributed by atoms with Gasteiger partial charge in [0.25, 0.3) is 0 Å². The Morgan fingerprint density at radius 3 is 2.28 bits per heavy atom. The SMILES string of the molecule is CN1CCN(c2ccc(-c3ccc4c(NC(=O)Nc5ccc(C(F)(F)F)cc5)c[nH]c4n3)cc2)CC1. The number of aromatic amines is 1. The molecular weight excluding hydrogens is 469 g/mol. The molecule has 0 aliphatic carbocycles. The molecule has 5 rings (SSSR count). The van der Waals surface area contributed by atoms with E-state index < -0.39 is 17.8 Å². The van der Waals surface area contributed by atoms with Gasteiger partial charge in [-0.2, -0.15) is 13.2 Å². The number of rotatable bonds is 4. The molecule has 0 radical (unpaired) electrons. The Morgan fingerprint density at radius 2 is 1.61 bits per heavy atom. The first-order chi connectivity index (χ1) is 17.3. The average molecular weight is 495 g/mol. The maximum atomic E-state index is 12.7. The number of halogens is 3. The fraction of sp³-hybridized carbons (Fsp3) is 0.231. The van der Waals surface area contributed by atoms with Crippen molar-refractivity contribution in [2.75, 3.05) is 48.8 Å². The smallest absolute Gasteiger partial charge is 0.369 e. The number of H-pyrrole nitrogens is 1. The van der Waals surface area contributed by atoms with E-state index in [0.29, 0.717) is 11.3 Å². The zero-order valence-electron chi connectivity index (χ0n) is 19.6. The highest BCUT2D eigenvalue weighted by atomic mass is 19.4. The van der Waals surface area contributed by atoms with Crippen molar-refractivity contribution in [3.8, 4) is 11.3 Å². The first kappa shape index (κ1) is 23.7. The van der Waals surface area contributed by atoms with Crippen LogP contribution in [0.25, 0.3) is 22.3 Å². The molecule has 3 heterocycles. The number of carbonyl (C=O) groups excluding carboxylic acids is 1. The molecule has 0 spiro atoms. The molecule has 2 aromatic carbocycles. The molecule has 1 saturated heterocycles. The average Bonchev–Trinajstić information content (AvgIpc) is 3.26. The number of hydrogen-bond acceptors (Lipinski definition) is 4. The third kappa shape index (κ3) is 5.13. The van der Waals surface area contributed by atoms with Crippen molar-refractivity contribution < 1.29 is 18.0 Å². The van der Waals surface area contributed by atoms with Crippen LogP contribution in [-0.4, -0.2) is 54.1 Å². The summed E-state index contributed by atoms with van der Waals surface area (Å²) >= 11 is 0. The van der Waals surface area contributed by atoms with Gasteiger partial charge in [0.2, 0.25) is 0 Å². The summed E-state index contributed by atoms with van der Waals surface area (Å²) in [5.41, 5.74) is 3.58. The highest BCUT2D eigenvalue weighted by Gasteiger charge is 2.30. The summed E-state index contributed by atoms with van der Waals surface area (Å²) in [6.07, 6.45) is -2.80. The molecule has 1 fully saturated rings. The Hall–Kier alpha value is -4.05. The van der Waals surface area contributed by atoms with Gasteiger partial charge in [0, 0.05) is 54.7 Å². The second kappa shape index (κ2) is 9.54. The fourth-order valence-corrected chi connectivity index (χ4v) is 4.20. The van der Waals surface area contributed by atoms with Crippen molar-refractivity contribution in [1.29, 1.82) is 0 Å². The van der Waals surface area contributed by atoms with E-state index in [4.69, 9.17) is 0 Å². The number of alkyl halides is 3. The first-order valence-electron chi connectivity index (χ1n) is 11.5. The number of benzene rings is 2. The van der Waals surface area contributed by atoms with Gasteiger partial charge in [-0.3, -0.25) is 0 Å². The number of pyridine rings is 1. The highest BCUT2D eigenvalue weighted by Crippen LogP contribution is 2.30. The molecule has 1 aliphatic rings. The van der Waals surface area contributed by atoms with Crippen molar-refractivity contribution in [1.82, 2.24) is 14.9 Å². The van der Waals surface area contributed by atoms with Crippen LogP contribution < -0.4 is 15.5 Å². The standard InChI is InChI=1S/C26H25F3N6O/c1-34-12-14-35(15-13-34)20-8-2-17(3-9-20)22-11-10-21-23(16-30-24(21)32-22)33-25(36)31-19-6-4-18(5-7-19)26(27,28)29/h2-11,16H,12-15H2,1H3,(H,30,32)(H2,31,33,36). The summed E-state index contributed by atoms with van der Waals surface area (Å²) in [7, 11) is 2.13. The Kier molecular flexibility index (Phi) is 6.27. The van der Waals surface area contributed by atoms with Crippen molar-refractivity contribution in [2.45, 2.75) is 6.18 Å². The highest BCUT2D eigenvalue weighted by molar-refractivity contribution is 6.05. The molecule has 10 heteroatoms. The van der Waals surface area contributed by atoms with E-state index in [9.17, 15) is 18.0 Å². The third-order valence-corrected chi connectivity index (χ3v) is 6.29. The van der Waals surface area contributed by atoms with E-state index in [1.54, 1.807) is 6.20 Å². The Morgan fingerprint density at radius 1 is 0.917 bits per heavy atom. The Bertz CT molecular complexity index is 1360. The van der Waals surface area contributed by atoms with Gasteiger partial charge in [-0.1, -0.05) is 12.1 Å². The van der Waals surface area contributed by atoms with Crippen LogP contribution in [0.1, 0.15) is 5.56 Å². The largest absolute Gasteiger partial charge is 0.416 e. The van der Waals surface area contributed by atoms with Gasteiger partial charge in [-0.25, -0.2) is 9.78 Å². The number of anilines is 3. The van der Waals surface area contributed by atoms with Crippen LogP contribution in [0.4, 0.5) is 35.0 Å². The lowest BCUT2D eigenvalue weighted by atomic mass is 10.1. The van der Waals surface area contributed by atoms with Gasteiger partial charge in [0.1, 0.15) is 5.65 Å². The molecule has 1 aliphatic heterocycles. The maximum absolute atomic E-state index is 12.7. The molecule has 186 valence electrons. The van der Waals surface area contributed by atoms with Crippen LogP contribution in [-0.2, 0) is 6.18 Å². The summed E-state index contributed by atoms with van der Waals surface area (Å²) in [4.78, 5) is 24.8. The van der Waals surface area contributed by atoms with Crippen LogP contribution in [0.15, 0.2) is 66.9 Å². The van der Waals surface area contributed by atoms with Gasteiger partial charge in [-0.05, 0) is 55.6 Å². The molecule has 3 N–H and O–H groups in total. The first-order valence-corrected chi connectivity index (χ1v) is 11.5. The van der Waals surface area contributed by atoms with E-state index in [2.05, 4.69) is 61.7 Å². The third-order valence-electron chi connectivity index (χ3n) is 6.29. The summed E-state index contributed by atoms with van der Waals surface area (Å²) in [6.45, 7) is 4.10. The van der Waals surface area contributed by atoms with Crippen molar-refractivity contribution >= 4 is 34.1 Å². The van der Waals surface area contributed by atoms with E-state index in [-0.39, 0.29) is 5.69 Å². The van der Waals surface area contributed by atoms with E-state index >= 15 is 0 Å². The molecule has 7 nitrogen and oxygen atoms in total. The molecule has 0 saturated carbocycles. The number of piperazine rings is 1. The van der Waals surface area contributed by atoms with Crippen LogP contribution in [0.2, 0.25) is 0 Å². The number of carbonyl (C=O) groups is 1. The van der Waals surface area contributed by atoms with Gasteiger partial charge in [-0.15, -0.1) is 0 Å². The molecule has 2 amide bonds. The second-order valence-corrected chi connectivity index (χ2v) is 8.79. The molecule has 0 atom stereocenters. The zero-order valence-corrected chi connectivity index (χ0v) is 19.6. The number of hydrogen-bond donors (Lipinski definition) is 3. The minimum Gasteiger partial charge on any atom is -0.369 e. The predicted octanol–water partition coefficient (Wildman–Crippen LogP) is 5.64. The van der Waals surface area contributed by atoms with E-state index in [0.717, 1.165) is 55.0 Å². The number of nitrogens with zero attached hydrogens (tertiary/aromatic N) is 3. The van der Waals surface area contributed by atoms with Crippen molar-refractivity contribution in [3.05, 3.63) is 72.4 Å². The second-order valence-electron chi connectivity index (χ2n) is 8.79. The van der Waals surface area contributed by atoms with Gasteiger partial charge >= 0.3 is 12.2 Å². The number of aromatic nitrogens is 2. The van der Waals surface area contributed by atoms with Crippen LogP contribution in [0.5, 0.6) is 0 Å². The molecule has 36 heavy (non-hydrogen) atoms. The van der Waals surface area contributed by atoms with E-state index in [1.807, 2.05) is 12.1 Å². The lowest BCUT2D eigenvalue weighted by Gasteiger charge is -2.34. The van der Waals surface area contributed by atoms with Crippen LogP contribution in [0, 0.1) is 0 Å². The lowest BCUT2D eigenvalue weighted by molar-refractivity contribution is -0.137. The minimum atomic E-state index is -4.43. The molecular formula is C26H25F3N6O. The predicted molar refractivity (Wildman–Crippen MR) is 135 cm³/mol. The molecule has 4 aromatic rings. The van der Waals surface area contributed by atoms with Crippen LogP contribution in [0.3, 0.4) is 0 Å². The summed E-state index contributed by atoms with van der Waals surface area (Å²) in [6, 6.07) is 15.8. The minimum absolute atomic E-state index is 0.251. The Labute approximate surface area is 205 Å². The topological polar surface area (TPSA) is 76.3 Å². The summed E-state index contributed by atoms with van der Waals surface area (Å²) in [5.74, 6) is 0. The number of amides is 2. The van der Waals surface area contributed by atoms with Gasteiger partial charge in [0.15, 0.2) is 0 Å². The number of fused-ring (bicyclic) bond motifs is 1. The summed E-state index contributed by atoms with van der Waals surface area (Å²) < 4.78 is 38.1. The normalized spacial score (nSPS) is 14.7. The number of nitrogens with one attached hydrogen (secondary N) is 3. The van der Waals surface area contributed by atoms with Gasteiger partial charge < -0.3 is 25.4 Å². The van der Waals surface area contributed by atoms with Crippen LogP contribution >= 0.6 is 0 Å². The quantitative estimate of drug-likeness (QED) is 0.343. The van der Waals surface area contributed by atoms with Gasteiger partial charge in [0.05, 0.1) is 16.9 Å². The van der Waals surface area contributed by atoms with Crippen molar-refractivity contribution in [2.24, 2.45) is 0 Å². The molecule has 2 aromatic heterocycles. The Balaban J connectivity index is 1.25. The number of likely N-dealkylation sites (N-methyl/N-ethyl adjacent to an activating group) is 1. The lowest BCUT2D eigenvalue weighted by Crippen LogP contribution is -2.44. The monoisotopic (exact) mass is 494 g/mol. The zero-order chi connectivity index (χ0) is 25.3. The molecule has 0 bridgehead atoms.